The Balaban J connectivity index is 2.92. The van der Waals surface area contributed by atoms with E-state index in [4.69, 9.17) is 9.47 Å². The van der Waals surface area contributed by atoms with Gasteiger partial charge in [0.05, 0.1) is 25.3 Å². The molecule has 0 aromatic heterocycles. The number of hydrogen-bond acceptors (Lipinski definition) is 4. The Morgan fingerprint density at radius 3 is 2.00 bits per heavy atom. The third kappa shape index (κ3) is 2.49. The molecule has 0 amide bonds. The average Bonchev–Trinajstić information content (AvgIpc) is 2.81. The van der Waals surface area contributed by atoms with Gasteiger partial charge in [0.25, 0.3) is 0 Å². The normalized spacial score (nSPS) is 10.5. The average molecular weight is 286 g/mol. The summed E-state index contributed by atoms with van der Waals surface area (Å²) in [4.78, 5) is 24.1. The van der Waals surface area contributed by atoms with Crippen LogP contribution in [0.4, 0.5) is 0 Å². The zero-order chi connectivity index (χ0) is 15.7. The summed E-state index contributed by atoms with van der Waals surface area (Å²) in [6.07, 6.45) is 0. The van der Waals surface area contributed by atoms with Gasteiger partial charge in [-0.3, -0.25) is 0 Å². The van der Waals surface area contributed by atoms with Crippen LogP contribution in [0.5, 0.6) is 0 Å². The van der Waals surface area contributed by atoms with Crippen LogP contribution >= 0.6 is 0 Å². The van der Waals surface area contributed by atoms with Crippen molar-refractivity contribution >= 4 is 11.9 Å². The Hall–Kier alpha value is -2.36. The largest absolute Gasteiger partial charge is 0.465 e. The minimum absolute atomic E-state index is 0.245. The maximum Gasteiger partial charge on any atom is 0.339 e. The molecule has 0 N–H and O–H groups in total. The topological polar surface area (TPSA) is 52.6 Å². The van der Waals surface area contributed by atoms with Crippen molar-refractivity contribution in [2.75, 3.05) is 14.2 Å². The Morgan fingerprint density at radius 2 is 1.43 bits per heavy atom. The molecule has 0 saturated heterocycles. The lowest BCUT2D eigenvalue weighted by Gasteiger charge is -2.06. The molecule has 2 aliphatic rings. The van der Waals surface area contributed by atoms with Crippen LogP contribution in [0.2, 0.25) is 0 Å². The van der Waals surface area contributed by atoms with Crippen molar-refractivity contribution in [3.63, 3.8) is 0 Å². The van der Waals surface area contributed by atoms with Crippen molar-refractivity contribution in [2.24, 2.45) is 0 Å². The fraction of sp³-hybridized carbons (Fsp3) is 0.294. The molecule has 4 heteroatoms. The molecule has 0 fully saturated rings. The summed E-state index contributed by atoms with van der Waals surface area (Å²) in [7, 11) is 2.60. The van der Waals surface area contributed by atoms with E-state index < -0.39 is 11.9 Å². The van der Waals surface area contributed by atoms with E-state index in [-0.39, 0.29) is 11.1 Å². The molecular formula is C17H18O4. The highest BCUT2D eigenvalue weighted by Gasteiger charge is 2.28. The molecule has 2 aliphatic carbocycles. The number of carbonyl (C=O) groups is 2. The fourth-order valence-electron chi connectivity index (χ4n) is 2.74. The number of esters is 2. The van der Waals surface area contributed by atoms with Crippen LogP contribution in [0.15, 0.2) is 18.2 Å². The summed E-state index contributed by atoms with van der Waals surface area (Å²) in [5, 5.41) is 0. The number of hydrogen-bond donors (Lipinski definition) is 0. The Labute approximate surface area is 124 Å². The van der Waals surface area contributed by atoms with Crippen LogP contribution in [0.1, 0.15) is 37.4 Å². The predicted molar refractivity (Wildman–Crippen MR) is 80.0 cm³/mol. The Morgan fingerprint density at radius 1 is 0.857 bits per heavy atom. The molecule has 0 atom stereocenters. The Bertz CT molecular complexity index is 701. The van der Waals surface area contributed by atoms with Crippen molar-refractivity contribution in [3.05, 3.63) is 46.0 Å². The molecule has 2 rings (SSSR count). The predicted octanol–water partition coefficient (Wildman–Crippen LogP) is 3.29. The highest BCUT2D eigenvalue weighted by molar-refractivity contribution is 6.11. The molecular weight excluding hydrogens is 268 g/mol. The number of fused-ring (bicyclic) bond motifs is 1. The molecule has 0 aromatic rings. The smallest absolute Gasteiger partial charge is 0.339 e. The van der Waals surface area contributed by atoms with Crippen LogP contribution in [-0.2, 0) is 9.47 Å². The summed E-state index contributed by atoms with van der Waals surface area (Å²) >= 11 is 0. The van der Waals surface area contributed by atoms with Crippen LogP contribution in [0.25, 0.3) is 11.1 Å². The molecule has 21 heavy (non-hydrogen) atoms. The molecule has 0 heterocycles. The van der Waals surface area contributed by atoms with Crippen LogP contribution < -0.4 is 0 Å². The number of rotatable bonds is 2. The first-order valence-electron chi connectivity index (χ1n) is 6.62. The first-order chi connectivity index (χ1) is 9.90. The highest BCUT2D eigenvalue weighted by Crippen LogP contribution is 2.37. The van der Waals surface area contributed by atoms with E-state index >= 15 is 0 Å². The second kappa shape index (κ2) is 5.56. The van der Waals surface area contributed by atoms with Crippen molar-refractivity contribution < 1.29 is 19.1 Å². The summed E-state index contributed by atoms with van der Waals surface area (Å²) < 4.78 is 9.63. The van der Waals surface area contributed by atoms with Gasteiger partial charge in [0.15, 0.2) is 0 Å². The molecule has 0 spiro atoms. The van der Waals surface area contributed by atoms with Crippen molar-refractivity contribution in [3.8, 4) is 11.1 Å². The van der Waals surface area contributed by atoms with Gasteiger partial charge in [-0.1, -0.05) is 17.7 Å². The molecule has 4 nitrogen and oxygen atoms in total. The van der Waals surface area contributed by atoms with Gasteiger partial charge in [0.2, 0.25) is 0 Å². The zero-order valence-electron chi connectivity index (χ0n) is 12.9. The van der Waals surface area contributed by atoms with Crippen molar-refractivity contribution in [1.29, 1.82) is 0 Å². The first kappa shape index (κ1) is 15.0. The van der Waals surface area contributed by atoms with Crippen molar-refractivity contribution in [2.45, 2.75) is 20.8 Å². The van der Waals surface area contributed by atoms with Gasteiger partial charge in [-0.05, 0) is 43.5 Å². The third-order valence-corrected chi connectivity index (χ3v) is 3.58. The maximum atomic E-state index is 12.2. The van der Waals surface area contributed by atoms with E-state index in [1.54, 1.807) is 6.07 Å². The highest BCUT2D eigenvalue weighted by atomic mass is 16.5. The van der Waals surface area contributed by atoms with Gasteiger partial charge in [-0.25, -0.2) is 9.59 Å². The lowest BCUT2D eigenvalue weighted by molar-refractivity contribution is 0.0557. The van der Waals surface area contributed by atoms with E-state index in [1.165, 1.54) is 14.2 Å². The standard InChI is InChI=1S/C17H18O4/c1-9-6-10(2)12-8-13(16(18)20-4)15(17(19)21-5)14(12)11(3)7-9/h6-8H,1-5H3. The fourth-order valence-corrected chi connectivity index (χ4v) is 2.74. The van der Waals surface area contributed by atoms with Crippen LogP contribution in [-0.4, -0.2) is 26.2 Å². The monoisotopic (exact) mass is 286 g/mol. The summed E-state index contributed by atoms with van der Waals surface area (Å²) in [5.41, 5.74) is 5.14. The van der Waals surface area contributed by atoms with E-state index in [9.17, 15) is 9.59 Å². The SMILES string of the molecule is COC(=O)c1cc2c(C)cc(C)cc(C)c-2c1C(=O)OC. The molecule has 0 aromatic carbocycles. The second-order valence-corrected chi connectivity index (χ2v) is 5.10. The van der Waals surface area contributed by atoms with E-state index in [2.05, 4.69) is 0 Å². The van der Waals surface area contributed by atoms with Crippen LogP contribution in [0.3, 0.4) is 0 Å². The van der Waals surface area contributed by atoms with Crippen LogP contribution in [0, 0.1) is 20.8 Å². The van der Waals surface area contributed by atoms with Gasteiger partial charge < -0.3 is 9.47 Å². The maximum absolute atomic E-state index is 12.2. The summed E-state index contributed by atoms with van der Waals surface area (Å²) in [5.74, 6) is -1.07. The second-order valence-electron chi connectivity index (χ2n) is 5.10. The molecule has 0 bridgehead atoms. The number of methoxy groups -OCH3 is 2. The minimum atomic E-state index is -0.537. The van der Waals surface area contributed by atoms with Gasteiger partial charge in [0, 0.05) is 5.56 Å². The lowest BCUT2D eigenvalue weighted by Crippen LogP contribution is -2.10. The van der Waals surface area contributed by atoms with Gasteiger partial charge in [0.1, 0.15) is 0 Å². The van der Waals surface area contributed by atoms with Gasteiger partial charge >= 0.3 is 11.9 Å². The van der Waals surface area contributed by atoms with E-state index in [0.29, 0.717) is 0 Å². The molecule has 110 valence electrons. The lowest BCUT2D eigenvalue weighted by atomic mass is 10.0. The summed E-state index contributed by atoms with van der Waals surface area (Å²) in [6.45, 7) is 5.87. The first-order valence-corrected chi connectivity index (χ1v) is 6.62. The zero-order valence-corrected chi connectivity index (χ0v) is 12.9. The van der Waals surface area contributed by atoms with Crippen molar-refractivity contribution in [1.82, 2.24) is 0 Å². The minimum Gasteiger partial charge on any atom is -0.465 e. The molecule has 0 unspecified atom stereocenters. The number of ether oxygens (including phenoxy) is 2. The van der Waals surface area contributed by atoms with Gasteiger partial charge in [-0.2, -0.15) is 0 Å². The quantitative estimate of drug-likeness (QED) is 0.795. The van der Waals surface area contributed by atoms with Gasteiger partial charge in [-0.15, -0.1) is 0 Å². The number of carbonyl (C=O) groups excluding carboxylic acids is 2. The van der Waals surface area contributed by atoms with E-state index in [1.807, 2.05) is 32.9 Å². The Kier molecular flexibility index (Phi) is 3.98. The molecule has 0 aliphatic heterocycles. The number of aryl methyl sites for hydroxylation is 3. The third-order valence-electron chi connectivity index (χ3n) is 3.58. The summed E-state index contributed by atoms with van der Waals surface area (Å²) in [6, 6.07) is 5.72. The van der Waals surface area contributed by atoms with E-state index in [0.717, 1.165) is 27.8 Å². The molecule has 0 saturated carbocycles. The molecule has 0 radical (unpaired) electrons.